The normalized spacial score (nSPS) is 11.0. The van der Waals surface area contributed by atoms with Gasteiger partial charge in [-0.2, -0.15) is 5.10 Å². The number of hydrogen-bond donors (Lipinski definition) is 1. The zero-order valence-electron chi connectivity index (χ0n) is 12.4. The fourth-order valence-electron chi connectivity index (χ4n) is 2.11. The predicted octanol–water partition coefficient (Wildman–Crippen LogP) is 2.87. The maximum absolute atomic E-state index is 11.9. The quantitative estimate of drug-likeness (QED) is 0.459. The van der Waals surface area contributed by atoms with E-state index < -0.39 is 0 Å². The smallest absolute Gasteiger partial charge is 0.336 e. The van der Waals surface area contributed by atoms with Crippen LogP contribution < -0.4 is 11.1 Å². The third kappa shape index (κ3) is 3.52. The Morgan fingerprint density at radius 3 is 2.65 bits per heavy atom. The fourth-order valence-corrected chi connectivity index (χ4v) is 2.11. The summed E-state index contributed by atoms with van der Waals surface area (Å²) in [4.78, 5) is 23.1. The van der Waals surface area contributed by atoms with Gasteiger partial charge in [0.2, 0.25) is 0 Å². The second-order valence-corrected chi connectivity index (χ2v) is 5.12. The summed E-state index contributed by atoms with van der Waals surface area (Å²) in [5.74, 6) is -0.270. The SMILES string of the molecule is Cc1ccc(C(=O)N/N=C/c2ccc3oc(=O)ccc3c2)cc1. The van der Waals surface area contributed by atoms with Crippen molar-refractivity contribution in [1.29, 1.82) is 0 Å². The number of rotatable bonds is 3. The van der Waals surface area contributed by atoms with E-state index in [0.717, 1.165) is 16.5 Å². The van der Waals surface area contributed by atoms with Crippen LogP contribution in [0.5, 0.6) is 0 Å². The van der Waals surface area contributed by atoms with Gasteiger partial charge in [0.25, 0.3) is 5.91 Å². The highest BCUT2D eigenvalue weighted by molar-refractivity contribution is 5.95. The second kappa shape index (κ2) is 6.27. The molecule has 1 N–H and O–H groups in total. The van der Waals surface area contributed by atoms with Crippen LogP contribution >= 0.6 is 0 Å². The minimum absolute atomic E-state index is 0.270. The summed E-state index contributed by atoms with van der Waals surface area (Å²) in [7, 11) is 0. The number of benzene rings is 2. The van der Waals surface area contributed by atoms with Crippen LogP contribution in [0.4, 0.5) is 0 Å². The third-order valence-electron chi connectivity index (χ3n) is 3.34. The highest BCUT2D eigenvalue weighted by atomic mass is 16.4. The highest BCUT2D eigenvalue weighted by Gasteiger charge is 2.03. The molecule has 0 saturated heterocycles. The van der Waals surface area contributed by atoms with Gasteiger partial charge in [-0.05, 0) is 48.9 Å². The molecule has 0 atom stereocenters. The summed E-state index contributed by atoms with van der Waals surface area (Å²) in [5, 5.41) is 4.74. The van der Waals surface area contributed by atoms with Crippen molar-refractivity contribution in [3.63, 3.8) is 0 Å². The maximum atomic E-state index is 11.9. The largest absolute Gasteiger partial charge is 0.423 e. The molecule has 0 saturated carbocycles. The number of amides is 1. The molecule has 0 spiro atoms. The molecule has 0 fully saturated rings. The van der Waals surface area contributed by atoms with Gasteiger partial charge in [0.15, 0.2) is 0 Å². The summed E-state index contributed by atoms with van der Waals surface area (Å²) < 4.78 is 5.06. The van der Waals surface area contributed by atoms with Crippen LogP contribution in [0.1, 0.15) is 21.5 Å². The van der Waals surface area contributed by atoms with Crippen LogP contribution in [-0.4, -0.2) is 12.1 Å². The zero-order chi connectivity index (χ0) is 16.2. The molecule has 0 radical (unpaired) electrons. The van der Waals surface area contributed by atoms with Crippen molar-refractivity contribution >= 4 is 23.1 Å². The van der Waals surface area contributed by atoms with Gasteiger partial charge in [-0.1, -0.05) is 17.7 Å². The van der Waals surface area contributed by atoms with E-state index in [1.54, 1.807) is 30.3 Å². The molecule has 5 heteroatoms. The molecular formula is C18H14N2O3. The molecule has 3 rings (SSSR count). The van der Waals surface area contributed by atoms with Crippen LogP contribution in [0.3, 0.4) is 0 Å². The summed E-state index contributed by atoms with van der Waals surface area (Å²) in [6.07, 6.45) is 1.54. The second-order valence-electron chi connectivity index (χ2n) is 5.12. The van der Waals surface area contributed by atoms with Gasteiger partial charge >= 0.3 is 5.63 Å². The molecule has 1 aromatic heterocycles. The van der Waals surface area contributed by atoms with Crippen LogP contribution in [-0.2, 0) is 0 Å². The Morgan fingerprint density at radius 2 is 1.87 bits per heavy atom. The lowest BCUT2D eigenvalue weighted by Crippen LogP contribution is -2.17. The van der Waals surface area contributed by atoms with E-state index in [-0.39, 0.29) is 11.5 Å². The van der Waals surface area contributed by atoms with E-state index in [1.807, 2.05) is 25.1 Å². The molecule has 0 aliphatic carbocycles. The van der Waals surface area contributed by atoms with Crippen molar-refractivity contribution in [2.75, 3.05) is 0 Å². The number of nitrogens with zero attached hydrogens (tertiary/aromatic N) is 1. The maximum Gasteiger partial charge on any atom is 0.336 e. The van der Waals surface area contributed by atoms with E-state index in [9.17, 15) is 9.59 Å². The Morgan fingerprint density at radius 1 is 1.09 bits per heavy atom. The predicted molar refractivity (Wildman–Crippen MR) is 88.7 cm³/mol. The lowest BCUT2D eigenvalue weighted by molar-refractivity contribution is 0.0955. The fraction of sp³-hybridized carbons (Fsp3) is 0.0556. The van der Waals surface area contributed by atoms with Gasteiger partial charge in [0.1, 0.15) is 5.58 Å². The Labute approximate surface area is 132 Å². The van der Waals surface area contributed by atoms with E-state index in [4.69, 9.17) is 4.42 Å². The van der Waals surface area contributed by atoms with E-state index in [0.29, 0.717) is 11.1 Å². The number of nitrogens with one attached hydrogen (secondary N) is 1. The van der Waals surface area contributed by atoms with Gasteiger partial charge < -0.3 is 4.42 Å². The Kier molecular flexibility index (Phi) is 4.01. The summed E-state index contributed by atoms with van der Waals surface area (Å²) in [6.45, 7) is 1.96. The Bertz CT molecular complexity index is 940. The van der Waals surface area contributed by atoms with Gasteiger partial charge in [-0.3, -0.25) is 4.79 Å². The topological polar surface area (TPSA) is 71.7 Å². The molecule has 0 aliphatic rings. The van der Waals surface area contributed by atoms with Gasteiger partial charge in [-0.15, -0.1) is 0 Å². The van der Waals surface area contributed by atoms with Gasteiger partial charge in [0, 0.05) is 17.0 Å². The molecule has 0 aliphatic heterocycles. The van der Waals surface area contributed by atoms with E-state index in [2.05, 4.69) is 10.5 Å². The van der Waals surface area contributed by atoms with Crippen molar-refractivity contribution in [3.05, 3.63) is 81.7 Å². The molecule has 23 heavy (non-hydrogen) atoms. The number of aryl methyl sites for hydroxylation is 1. The van der Waals surface area contributed by atoms with Crippen molar-refractivity contribution < 1.29 is 9.21 Å². The first-order chi connectivity index (χ1) is 11.1. The number of hydrogen-bond acceptors (Lipinski definition) is 4. The first-order valence-electron chi connectivity index (χ1n) is 7.06. The minimum Gasteiger partial charge on any atom is -0.423 e. The Balaban J connectivity index is 1.72. The molecular weight excluding hydrogens is 292 g/mol. The van der Waals surface area contributed by atoms with Gasteiger partial charge in [-0.25, -0.2) is 10.2 Å². The van der Waals surface area contributed by atoms with Gasteiger partial charge in [0.05, 0.1) is 6.21 Å². The summed E-state index contributed by atoms with van der Waals surface area (Å²) >= 11 is 0. The molecule has 3 aromatic rings. The van der Waals surface area contributed by atoms with E-state index >= 15 is 0 Å². The van der Waals surface area contributed by atoms with E-state index in [1.165, 1.54) is 12.3 Å². The van der Waals surface area contributed by atoms with Crippen LogP contribution in [0.25, 0.3) is 11.0 Å². The summed E-state index contributed by atoms with van der Waals surface area (Å²) in [5.41, 5.74) is 5.04. The van der Waals surface area contributed by atoms with Crippen molar-refractivity contribution in [3.8, 4) is 0 Å². The molecule has 0 bridgehead atoms. The van der Waals surface area contributed by atoms with Crippen LogP contribution in [0.15, 0.2) is 68.9 Å². The zero-order valence-corrected chi connectivity index (χ0v) is 12.4. The lowest BCUT2D eigenvalue weighted by Gasteiger charge is -2.01. The number of hydrazone groups is 1. The standard InChI is InChI=1S/C18H14N2O3/c1-12-2-5-14(6-3-12)18(22)20-19-11-13-4-8-16-15(10-13)7-9-17(21)23-16/h2-11H,1H3,(H,20,22)/b19-11+. The minimum atomic E-state index is -0.385. The average Bonchev–Trinajstić information content (AvgIpc) is 2.55. The number of carbonyl (C=O) groups is 1. The molecule has 0 unspecified atom stereocenters. The molecule has 2 aromatic carbocycles. The van der Waals surface area contributed by atoms with Crippen LogP contribution in [0.2, 0.25) is 0 Å². The first kappa shape index (κ1) is 14.7. The highest BCUT2D eigenvalue weighted by Crippen LogP contribution is 2.12. The van der Waals surface area contributed by atoms with Crippen molar-refractivity contribution in [1.82, 2.24) is 5.43 Å². The Hall–Kier alpha value is -3.21. The molecule has 5 nitrogen and oxygen atoms in total. The van der Waals surface area contributed by atoms with Crippen LogP contribution in [0, 0.1) is 6.92 Å². The monoisotopic (exact) mass is 306 g/mol. The average molecular weight is 306 g/mol. The lowest BCUT2D eigenvalue weighted by atomic mass is 10.1. The third-order valence-corrected chi connectivity index (χ3v) is 3.34. The summed E-state index contributed by atoms with van der Waals surface area (Å²) in [6, 6.07) is 15.6. The van der Waals surface area contributed by atoms with Crippen molar-refractivity contribution in [2.24, 2.45) is 5.10 Å². The number of fused-ring (bicyclic) bond motifs is 1. The number of carbonyl (C=O) groups excluding carboxylic acids is 1. The molecule has 1 amide bonds. The first-order valence-corrected chi connectivity index (χ1v) is 7.06. The van der Waals surface area contributed by atoms with Crippen molar-refractivity contribution in [2.45, 2.75) is 6.92 Å². The molecule has 114 valence electrons. The molecule has 1 heterocycles.